The van der Waals surface area contributed by atoms with E-state index in [1.807, 2.05) is 18.2 Å². The molecule has 0 radical (unpaired) electrons. The molecule has 1 amide bonds. The van der Waals surface area contributed by atoms with E-state index in [-0.39, 0.29) is 11.9 Å². The molecule has 3 N–H and O–H groups in total. The Labute approximate surface area is 129 Å². The third kappa shape index (κ3) is 3.27. The highest BCUT2D eigenvalue weighted by Gasteiger charge is 2.24. The van der Waals surface area contributed by atoms with Gasteiger partial charge in [0.25, 0.3) is 5.91 Å². The molecule has 3 rings (SSSR count). The van der Waals surface area contributed by atoms with Crippen LogP contribution >= 0.6 is 11.3 Å². The average molecular weight is 302 g/mol. The highest BCUT2D eigenvalue weighted by Crippen LogP contribution is 2.27. The van der Waals surface area contributed by atoms with Gasteiger partial charge in [-0.3, -0.25) is 4.79 Å². The summed E-state index contributed by atoms with van der Waals surface area (Å²) in [6.45, 7) is 0.525. The van der Waals surface area contributed by atoms with Gasteiger partial charge in [0.2, 0.25) is 0 Å². The van der Waals surface area contributed by atoms with Crippen molar-refractivity contribution in [3.8, 4) is 0 Å². The van der Waals surface area contributed by atoms with Gasteiger partial charge in [0.1, 0.15) is 0 Å². The van der Waals surface area contributed by atoms with Crippen LogP contribution in [-0.4, -0.2) is 18.5 Å². The molecule has 1 aromatic carbocycles. The number of amides is 1. The van der Waals surface area contributed by atoms with Crippen LogP contribution in [0.4, 0.5) is 0 Å². The molecular weight excluding hydrogens is 280 g/mol. The lowest BCUT2D eigenvalue weighted by Crippen LogP contribution is -2.45. The minimum Gasteiger partial charge on any atom is -0.348 e. The number of nitrogens with one attached hydrogen (secondary N) is 1. The topological polar surface area (TPSA) is 55.1 Å². The summed E-state index contributed by atoms with van der Waals surface area (Å²) < 4.78 is 1.22. The van der Waals surface area contributed by atoms with Crippen molar-refractivity contribution in [2.75, 3.05) is 6.54 Å². The van der Waals surface area contributed by atoms with Gasteiger partial charge in [-0.05, 0) is 53.8 Å². The van der Waals surface area contributed by atoms with Crippen LogP contribution in [0.2, 0.25) is 0 Å². The number of hydrogen-bond donors (Lipinski definition) is 2. The van der Waals surface area contributed by atoms with Crippen LogP contribution in [0.25, 0.3) is 10.1 Å². The van der Waals surface area contributed by atoms with Crippen molar-refractivity contribution in [2.45, 2.75) is 38.1 Å². The van der Waals surface area contributed by atoms with Crippen molar-refractivity contribution in [3.05, 3.63) is 35.2 Å². The number of benzene rings is 1. The molecule has 1 aromatic heterocycles. The Morgan fingerprint density at radius 1 is 1.29 bits per heavy atom. The molecule has 4 heteroatoms. The normalized spacial score (nSPS) is 17.8. The average Bonchev–Trinajstić information content (AvgIpc) is 3.00. The molecule has 1 heterocycles. The van der Waals surface area contributed by atoms with E-state index in [1.165, 1.54) is 36.8 Å². The smallest absolute Gasteiger partial charge is 0.251 e. The Kier molecular flexibility index (Phi) is 4.56. The van der Waals surface area contributed by atoms with Gasteiger partial charge in [0.05, 0.1) is 0 Å². The van der Waals surface area contributed by atoms with Crippen molar-refractivity contribution in [3.63, 3.8) is 0 Å². The van der Waals surface area contributed by atoms with Crippen molar-refractivity contribution in [1.29, 1.82) is 0 Å². The van der Waals surface area contributed by atoms with Crippen molar-refractivity contribution >= 4 is 27.3 Å². The number of carbonyl (C=O) groups is 1. The van der Waals surface area contributed by atoms with E-state index >= 15 is 0 Å². The lowest BCUT2D eigenvalue weighted by Gasteiger charge is -2.30. The van der Waals surface area contributed by atoms with Gasteiger partial charge in [-0.2, -0.15) is 0 Å². The summed E-state index contributed by atoms with van der Waals surface area (Å²) in [4.78, 5) is 12.5. The third-order valence-corrected chi connectivity index (χ3v) is 5.40. The van der Waals surface area contributed by atoms with Gasteiger partial charge >= 0.3 is 0 Å². The molecule has 112 valence electrons. The molecule has 1 atom stereocenters. The highest BCUT2D eigenvalue weighted by molar-refractivity contribution is 7.17. The molecule has 0 aliphatic heterocycles. The zero-order valence-corrected chi connectivity index (χ0v) is 13.0. The van der Waals surface area contributed by atoms with E-state index in [0.29, 0.717) is 12.5 Å². The van der Waals surface area contributed by atoms with Crippen LogP contribution in [0, 0.1) is 5.92 Å². The maximum absolute atomic E-state index is 12.5. The Balaban J connectivity index is 1.71. The number of hydrogen-bond acceptors (Lipinski definition) is 3. The second kappa shape index (κ2) is 6.58. The van der Waals surface area contributed by atoms with Gasteiger partial charge in [-0.25, -0.2) is 0 Å². The first-order valence-electron chi connectivity index (χ1n) is 7.76. The van der Waals surface area contributed by atoms with E-state index in [9.17, 15) is 4.79 Å². The largest absolute Gasteiger partial charge is 0.348 e. The number of fused-ring (bicyclic) bond motifs is 1. The van der Waals surface area contributed by atoms with Crippen LogP contribution in [0.5, 0.6) is 0 Å². The van der Waals surface area contributed by atoms with Gasteiger partial charge in [-0.15, -0.1) is 11.3 Å². The minimum atomic E-state index is 0.00382. The molecule has 0 saturated heterocycles. The van der Waals surface area contributed by atoms with Gasteiger partial charge in [0, 0.05) is 22.8 Å². The summed E-state index contributed by atoms with van der Waals surface area (Å²) in [6, 6.07) is 8.06. The first-order chi connectivity index (χ1) is 10.3. The van der Waals surface area contributed by atoms with Crippen LogP contribution < -0.4 is 11.1 Å². The van der Waals surface area contributed by atoms with Crippen LogP contribution in [0.1, 0.15) is 42.5 Å². The van der Waals surface area contributed by atoms with E-state index < -0.39 is 0 Å². The molecule has 1 aliphatic carbocycles. The molecule has 1 unspecified atom stereocenters. The summed E-state index contributed by atoms with van der Waals surface area (Å²) in [6.07, 6.45) is 6.21. The standard InChI is InChI=1S/C17H22N2OS/c18-11-15(12-4-2-1-3-5-12)19-17(20)14-6-7-16-13(10-14)8-9-21-16/h6-10,12,15H,1-5,11,18H2,(H,19,20). The monoisotopic (exact) mass is 302 g/mol. The maximum atomic E-state index is 12.5. The summed E-state index contributed by atoms with van der Waals surface area (Å²) in [5, 5.41) is 6.34. The predicted molar refractivity (Wildman–Crippen MR) is 88.7 cm³/mol. The molecule has 1 fully saturated rings. The van der Waals surface area contributed by atoms with Gasteiger partial charge in [-0.1, -0.05) is 19.3 Å². The predicted octanol–water partition coefficient (Wildman–Crippen LogP) is 3.54. The van der Waals surface area contributed by atoms with Gasteiger partial charge < -0.3 is 11.1 Å². The van der Waals surface area contributed by atoms with E-state index in [0.717, 1.165) is 10.9 Å². The lowest BCUT2D eigenvalue weighted by atomic mass is 9.84. The van der Waals surface area contributed by atoms with Crippen molar-refractivity contribution < 1.29 is 4.79 Å². The number of rotatable bonds is 4. The minimum absolute atomic E-state index is 0.00382. The Bertz CT molecular complexity index is 616. The number of carbonyl (C=O) groups excluding carboxylic acids is 1. The third-order valence-electron chi connectivity index (χ3n) is 4.50. The first kappa shape index (κ1) is 14.5. The number of thiophene rings is 1. The molecule has 1 aliphatic rings. The van der Waals surface area contributed by atoms with E-state index in [2.05, 4.69) is 16.8 Å². The second-order valence-corrected chi connectivity index (χ2v) is 6.83. The van der Waals surface area contributed by atoms with Crippen LogP contribution in [0.15, 0.2) is 29.6 Å². The van der Waals surface area contributed by atoms with E-state index in [1.54, 1.807) is 11.3 Å². The lowest BCUT2D eigenvalue weighted by molar-refractivity contribution is 0.0915. The molecule has 21 heavy (non-hydrogen) atoms. The summed E-state index contributed by atoms with van der Waals surface area (Å²) >= 11 is 1.70. The zero-order valence-electron chi connectivity index (χ0n) is 12.2. The molecular formula is C17H22N2OS. The molecule has 0 bridgehead atoms. The summed E-state index contributed by atoms with van der Waals surface area (Å²) in [5.74, 6) is 0.543. The SMILES string of the molecule is NCC(NC(=O)c1ccc2sccc2c1)C1CCCCC1. The second-order valence-electron chi connectivity index (χ2n) is 5.89. The summed E-state index contributed by atoms with van der Waals surface area (Å²) in [7, 11) is 0. The highest BCUT2D eigenvalue weighted by atomic mass is 32.1. The van der Waals surface area contributed by atoms with E-state index in [4.69, 9.17) is 5.73 Å². The zero-order chi connectivity index (χ0) is 14.7. The fraction of sp³-hybridized carbons (Fsp3) is 0.471. The fourth-order valence-corrected chi connectivity index (χ4v) is 4.04. The maximum Gasteiger partial charge on any atom is 0.251 e. The number of nitrogens with two attached hydrogens (primary N) is 1. The Morgan fingerprint density at radius 3 is 2.86 bits per heavy atom. The Hall–Kier alpha value is -1.39. The fourth-order valence-electron chi connectivity index (χ4n) is 3.27. The molecule has 0 spiro atoms. The van der Waals surface area contributed by atoms with Gasteiger partial charge in [0.15, 0.2) is 0 Å². The molecule has 1 saturated carbocycles. The van der Waals surface area contributed by atoms with Crippen molar-refractivity contribution in [2.24, 2.45) is 11.7 Å². The summed E-state index contributed by atoms with van der Waals surface area (Å²) in [5.41, 5.74) is 6.62. The quantitative estimate of drug-likeness (QED) is 0.907. The molecule has 2 aromatic rings. The molecule has 3 nitrogen and oxygen atoms in total. The van der Waals surface area contributed by atoms with Crippen LogP contribution in [-0.2, 0) is 0 Å². The first-order valence-corrected chi connectivity index (χ1v) is 8.64. The Morgan fingerprint density at radius 2 is 2.10 bits per heavy atom. The van der Waals surface area contributed by atoms with Crippen LogP contribution in [0.3, 0.4) is 0 Å². The van der Waals surface area contributed by atoms with Crippen molar-refractivity contribution in [1.82, 2.24) is 5.32 Å².